The van der Waals surface area contributed by atoms with Gasteiger partial charge in [0.1, 0.15) is 24.2 Å². The van der Waals surface area contributed by atoms with E-state index in [0.29, 0.717) is 5.69 Å². The van der Waals surface area contributed by atoms with Crippen LogP contribution in [-0.2, 0) is 19.2 Å². The van der Waals surface area contributed by atoms with Crippen LogP contribution in [-0.4, -0.2) is 81.6 Å². The first-order valence-electron chi connectivity index (χ1n) is 9.46. The van der Waals surface area contributed by atoms with Gasteiger partial charge in [-0.1, -0.05) is 18.2 Å². The number of aliphatic hydroxyl groups excluding tert-OH is 2. The molecular formula is C19H28N4O7S. The molecule has 1 rings (SSSR count). The maximum atomic E-state index is 12.5. The van der Waals surface area contributed by atoms with Crippen molar-refractivity contribution in [2.24, 2.45) is 0 Å². The number of aliphatic carboxylic acids is 1. The van der Waals surface area contributed by atoms with Crippen LogP contribution in [0.2, 0.25) is 0 Å². The molecule has 5 atom stereocenters. The third-order valence-corrected chi connectivity index (χ3v) is 4.59. The SMILES string of the molecule is CC(O)[C@H](NC(=O)[C@H](C)Nc1ccccc1)C(=O)N[C@@H](CO)C(=O)N[C@@H](CS)C(=O)O. The van der Waals surface area contributed by atoms with E-state index in [2.05, 4.69) is 33.9 Å². The summed E-state index contributed by atoms with van der Waals surface area (Å²) in [7, 11) is 0. The monoisotopic (exact) mass is 456 g/mol. The smallest absolute Gasteiger partial charge is 0.327 e. The van der Waals surface area contributed by atoms with Gasteiger partial charge in [-0.25, -0.2) is 4.79 Å². The molecule has 0 aliphatic carbocycles. The molecule has 0 aromatic heterocycles. The molecule has 0 bridgehead atoms. The lowest BCUT2D eigenvalue weighted by Crippen LogP contribution is -2.60. The highest BCUT2D eigenvalue weighted by Gasteiger charge is 2.31. The first-order chi connectivity index (χ1) is 14.6. The molecule has 0 radical (unpaired) electrons. The highest BCUT2D eigenvalue weighted by molar-refractivity contribution is 7.80. The second-order valence-electron chi connectivity index (χ2n) is 6.78. The lowest BCUT2D eigenvalue weighted by molar-refractivity contribution is -0.142. The predicted molar refractivity (Wildman–Crippen MR) is 116 cm³/mol. The number of carboxylic acids is 1. The van der Waals surface area contributed by atoms with Gasteiger partial charge in [0, 0.05) is 11.4 Å². The van der Waals surface area contributed by atoms with Gasteiger partial charge in [-0.3, -0.25) is 14.4 Å². The van der Waals surface area contributed by atoms with Crippen molar-refractivity contribution < 1.29 is 34.5 Å². The van der Waals surface area contributed by atoms with Crippen molar-refractivity contribution in [3.63, 3.8) is 0 Å². The zero-order chi connectivity index (χ0) is 23.6. The molecule has 7 N–H and O–H groups in total. The Morgan fingerprint density at radius 3 is 2.00 bits per heavy atom. The quantitative estimate of drug-likeness (QED) is 0.172. The van der Waals surface area contributed by atoms with Crippen LogP contribution in [0, 0.1) is 0 Å². The third-order valence-electron chi connectivity index (χ3n) is 4.23. The molecule has 172 valence electrons. The minimum Gasteiger partial charge on any atom is -0.480 e. The maximum absolute atomic E-state index is 12.5. The number of carbonyl (C=O) groups excluding carboxylic acids is 3. The highest BCUT2D eigenvalue weighted by Crippen LogP contribution is 2.07. The molecule has 0 heterocycles. The molecule has 12 heteroatoms. The van der Waals surface area contributed by atoms with Crippen LogP contribution in [0.1, 0.15) is 13.8 Å². The van der Waals surface area contributed by atoms with Crippen molar-refractivity contribution in [2.75, 3.05) is 17.7 Å². The van der Waals surface area contributed by atoms with E-state index < -0.39 is 60.6 Å². The summed E-state index contributed by atoms with van der Waals surface area (Å²) in [5, 5.41) is 38.0. The lowest BCUT2D eigenvalue weighted by atomic mass is 10.1. The number of benzene rings is 1. The fourth-order valence-corrected chi connectivity index (χ4v) is 2.69. The van der Waals surface area contributed by atoms with E-state index in [1.807, 2.05) is 6.07 Å². The van der Waals surface area contributed by atoms with Crippen molar-refractivity contribution in [1.82, 2.24) is 16.0 Å². The Balaban J connectivity index is 2.77. The number of thiol groups is 1. The van der Waals surface area contributed by atoms with Crippen LogP contribution in [0.25, 0.3) is 0 Å². The number of amides is 3. The number of anilines is 1. The van der Waals surface area contributed by atoms with Crippen molar-refractivity contribution in [2.45, 2.75) is 44.1 Å². The van der Waals surface area contributed by atoms with Gasteiger partial charge in [-0.2, -0.15) is 12.6 Å². The second-order valence-corrected chi connectivity index (χ2v) is 7.15. The minimum atomic E-state index is -1.49. The van der Waals surface area contributed by atoms with Crippen LogP contribution in [0.3, 0.4) is 0 Å². The van der Waals surface area contributed by atoms with Gasteiger partial charge in [0.2, 0.25) is 17.7 Å². The van der Waals surface area contributed by atoms with Gasteiger partial charge in [-0.05, 0) is 26.0 Å². The van der Waals surface area contributed by atoms with E-state index in [1.54, 1.807) is 31.2 Å². The molecule has 1 unspecified atom stereocenters. The Morgan fingerprint density at radius 2 is 1.52 bits per heavy atom. The molecule has 0 aliphatic rings. The van der Waals surface area contributed by atoms with E-state index in [0.717, 1.165) is 0 Å². The number of hydrogen-bond acceptors (Lipinski definition) is 8. The number of carbonyl (C=O) groups is 4. The molecule has 11 nitrogen and oxygen atoms in total. The fraction of sp³-hybridized carbons (Fsp3) is 0.474. The number of aliphatic hydroxyl groups is 2. The van der Waals surface area contributed by atoms with Crippen LogP contribution in [0.15, 0.2) is 30.3 Å². The summed E-state index contributed by atoms with van der Waals surface area (Å²) < 4.78 is 0. The minimum absolute atomic E-state index is 0.203. The molecule has 1 aromatic rings. The molecule has 0 aliphatic heterocycles. The fourth-order valence-electron chi connectivity index (χ4n) is 2.45. The van der Waals surface area contributed by atoms with Crippen molar-refractivity contribution in [3.05, 3.63) is 30.3 Å². The number of rotatable bonds is 12. The molecule has 0 fully saturated rings. The molecule has 1 aromatic carbocycles. The van der Waals surface area contributed by atoms with Gasteiger partial charge in [-0.15, -0.1) is 0 Å². The molecule has 31 heavy (non-hydrogen) atoms. The Kier molecular flexibility index (Phi) is 10.8. The maximum Gasteiger partial charge on any atom is 0.327 e. The molecule has 0 saturated carbocycles. The topological polar surface area (TPSA) is 177 Å². The second kappa shape index (κ2) is 12.8. The Bertz CT molecular complexity index is 763. The summed E-state index contributed by atoms with van der Waals surface area (Å²) in [6.45, 7) is 2.00. The zero-order valence-electron chi connectivity index (χ0n) is 17.1. The number of nitrogens with one attached hydrogen (secondary N) is 4. The predicted octanol–water partition coefficient (Wildman–Crippen LogP) is -1.67. The van der Waals surface area contributed by atoms with E-state index in [4.69, 9.17) is 5.11 Å². The first-order valence-corrected chi connectivity index (χ1v) is 10.1. The van der Waals surface area contributed by atoms with E-state index in [1.165, 1.54) is 6.92 Å². The highest BCUT2D eigenvalue weighted by atomic mass is 32.1. The van der Waals surface area contributed by atoms with Crippen molar-refractivity contribution >= 4 is 42.0 Å². The molecule has 0 spiro atoms. The van der Waals surface area contributed by atoms with Crippen LogP contribution in [0.4, 0.5) is 5.69 Å². The summed E-state index contributed by atoms with van der Waals surface area (Å²) in [6, 6.07) is 3.89. The van der Waals surface area contributed by atoms with Gasteiger partial charge in [0.25, 0.3) is 0 Å². The van der Waals surface area contributed by atoms with Gasteiger partial charge in [0.05, 0.1) is 12.7 Å². The summed E-state index contributed by atoms with van der Waals surface area (Å²) in [6.07, 6.45) is -1.32. The average molecular weight is 457 g/mol. The lowest BCUT2D eigenvalue weighted by Gasteiger charge is -2.26. The molecule has 0 saturated heterocycles. The zero-order valence-corrected chi connectivity index (χ0v) is 18.0. The number of hydrogen-bond donors (Lipinski definition) is 8. The Hall–Kier alpha value is -2.83. The van der Waals surface area contributed by atoms with Gasteiger partial charge in [0.15, 0.2) is 0 Å². The van der Waals surface area contributed by atoms with Crippen LogP contribution in [0.5, 0.6) is 0 Å². The summed E-state index contributed by atoms with van der Waals surface area (Å²) in [4.78, 5) is 48.2. The standard InChI is InChI=1S/C19H28N4O7S/c1-10(20-12-6-4-3-5-7-12)16(26)23-15(11(2)25)18(28)21-13(8-24)17(27)22-14(9-31)19(29)30/h3-7,10-11,13-15,20,24-25,31H,8-9H2,1-2H3,(H,21,28)(H,22,27)(H,23,26)(H,29,30)/t10-,11?,13-,14-,15-/m0/s1. The first kappa shape index (κ1) is 26.2. The van der Waals surface area contributed by atoms with Crippen LogP contribution < -0.4 is 21.3 Å². The number of carboxylic acid groups (broad SMARTS) is 1. The molecular weight excluding hydrogens is 428 g/mol. The normalized spacial score (nSPS) is 15.5. The summed E-state index contributed by atoms with van der Waals surface area (Å²) in [5.74, 6) is -4.00. The Morgan fingerprint density at radius 1 is 0.935 bits per heavy atom. The van der Waals surface area contributed by atoms with Crippen molar-refractivity contribution in [1.29, 1.82) is 0 Å². The van der Waals surface area contributed by atoms with E-state index >= 15 is 0 Å². The summed E-state index contributed by atoms with van der Waals surface area (Å²) >= 11 is 3.82. The Labute approximate surface area is 185 Å². The van der Waals surface area contributed by atoms with Gasteiger partial charge < -0.3 is 36.6 Å². The number of para-hydroxylation sites is 1. The van der Waals surface area contributed by atoms with E-state index in [9.17, 15) is 29.4 Å². The average Bonchev–Trinajstić information content (AvgIpc) is 2.73. The third kappa shape index (κ3) is 8.44. The largest absolute Gasteiger partial charge is 0.480 e. The van der Waals surface area contributed by atoms with E-state index in [-0.39, 0.29) is 5.75 Å². The van der Waals surface area contributed by atoms with Crippen LogP contribution >= 0.6 is 12.6 Å². The summed E-state index contributed by atoms with van der Waals surface area (Å²) in [5.41, 5.74) is 0.678. The molecule has 3 amide bonds. The van der Waals surface area contributed by atoms with Crippen molar-refractivity contribution in [3.8, 4) is 0 Å². The van der Waals surface area contributed by atoms with Gasteiger partial charge >= 0.3 is 5.97 Å².